The maximum Gasteiger partial charge on any atom is 0.251 e. The van der Waals surface area contributed by atoms with Crippen LogP contribution in [0.2, 0.25) is 0 Å². The van der Waals surface area contributed by atoms with E-state index in [1.54, 1.807) is 30.5 Å². The number of anilines is 2. The molecule has 2 atom stereocenters. The van der Waals surface area contributed by atoms with Gasteiger partial charge >= 0.3 is 0 Å². The molecular weight excluding hydrogens is 396 g/mol. The van der Waals surface area contributed by atoms with Crippen molar-refractivity contribution in [3.05, 3.63) is 99.9 Å². The van der Waals surface area contributed by atoms with Crippen LogP contribution in [0.15, 0.2) is 72.9 Å². The van der Waals surface area contributed by atoms with Gasteiger partial charge in [0.2, 0.25) is 6.54 Å². The van der Waals surface area contributed by atoms with E-state index in [4.69, 9.17) is 0 Å². The molecule has 1 aromatic heterocycles. The maximum absolute atomic E-state index is 12.7. The van der Waals surface area contributed by atoms with Crippen molar-refractivity contribution in [3.63, 3.8) is 0 Å². The fourth-order valence-electron chi connectivity index (χ4n) is 3.18. The van der Waals surface area contributed by atoms with E-state index >= 15 is 0 Å². The Kier molecular flexibility index (Phi) is 7.29. The zero-order valence-corrected chi connectivity index (χ0v) is 17.1. The summed E-state index contributed by atoms with van der Waals surface area (Å²) in [6.07, 6.45) is 0.681. The zero-order chi connectivity index (χ0) is 22.2. The molecular formula is C23H24N4O4. The third-order valence-corrected chi connectivity index (χ3v) is 4.75. The van der Waals surface area contributed by atoms with Gasteiger partial charge in [0.05, 0.1) is 6.04 Å². The quantitative estimate of drug-likeness (QED) is 0.362. The van der Waals surface area contributed by atoms with E-state index in [9.17, 15) is 20.0 Å². The van der Waals surface area contributed by atoms with Gasteiger partial charge in [-0.3, -0.25) is 19.9 Å². The largest absolute Gasteiger partial charge is 0.384 e. The lowest BCUT2D eigenvalue weighted by Crippen LogP contribution is -2.47. The molecule has 1 amide bonds. The van der Waals surface area contributed by atoms with Crippen molar-refractivity contribution < 1.29 is 14.8 Å². The van der Waals surface area contributed by atoms with E-state index in [1.165, 1.54) is 0 Å². The molecule has 2 aromatic carbocycles. The molecule has 3 rings (SSSR count). The molecule has 0 spiro atoms. The molecule has 31 heavy (non-hydrogen) atoms. The van der Waals surface area contributed by atoms with Crippen molar-refractivity contribution in [1.29, 1.82) is 0 Å². The second kappa shape index (κ2) is 10.3. The van der Waals surface area contributed by atoms with Crippen LogP contribution in [0, 0.1) is 17.0 Å². The molecule has 8 heteroatoms. The Hall–Kier alpha value is -3.78. The van der Waals surface area contributed by atoms with Crippen LogP contribution in [0.1, 0.15) is 21.6 Å². The number of carbonyl (C=O) groups excluding carboxylic acids is 1. The molecule has 0 bridgehead atoms. The number of benzene rings is 2. The topological polar surface area (TPSA) is 117 Å². The van der Waals surface area contributed by atoms with E-state index < -0.39 is 29.5 Å². The van der Waals surface area contributed by atoms with E-state index in [0.717, 1.165) is 22.6 Å². The molecule has 1 heterocycles. The number of nitro groups is 1. The number of aliphatic hydroxyl groups excluding tert-OH is 1. The van der Waals surface area contributed by atoms with Crippen LogP contribution in [-0.2, 0) is 6.42 Å². The predicted molar refractivity (Wildman–Crippen MR) is 118 cm³/mol. The van der Waals surface area contributed by atoms with E-state index in [-0.39, 0.29) is 6.42 Å². The lowest BCUT2D eigenvalue weighted by molar-refractivity contribution is -0.491. The molecule has 160 valence electrons. The SMILES string of the molecule is Cc1cc(Nc2ccc(C(=O)N[C@@H](Cc3ccccc3)[C@H](O)C[N+](=O)[O-])cc2)ccn1. The lowest BCUT2D eigenvalue weighted by atomic mass is 10.0. The van der Waals surface area contributed by atoms with Gasteiger partial charge in [0.15, 0.2) is 0 Å². The standard InChI is InChI=1S/C23H24N4O4/c1-16-13-20(11-12-24-16)25-19-9-7-18(8-10-19)23(29)26-21(22(28)15-27(30)31)14-17-5-3-2-4-6-17/h2-13,21-22,28H,14-15H2,1H3,(H,24,25)(H,26,29)/t21-,22+/m0/s1. The zero-order valence-electron chi connectivity index (χ0n) is 17.1. The summed E-state index contributed by atoms with van der Waals surface area (Å²) in [7, 11) is 0. The molecule has 0 saturated carbocycles. The average molecular weight is 420 g/mol. The number of hydrogen-bond acceptors (Lipinski definition) is 6. The summed E-state index contributed by atoms with van der Waals surface area (Å²) < 4.78 is 0. The Balaban J connectivity index is 1.69. The highest BCUT2D eigenvalue weighted by Crippen LogP contribution is 2.17. The highest BCUT2D eigenvalue weighted by molar-refractivity contribution is 5.94. The molecule has 0 aliphatic carbocycles. The summed E-state index contributed by atoms with van der Waals surface area (Å²) in [5.41, 5.74) is 3.83. The Morgan fingerprint density at radius 2 is 1.81 bits per heavy atom. The number of nitrogens with one attached hydrogen (secondary N) is 2. The van der Waals surface area contributed by atoms with Gasteiger partial charge in [-0.15, -0.1) is 0 Å². The number of nitrogens with zero attached hydrogens (tertiary/aromatic N) is 2. The van der Waals surface area contributed by atoms with Gasteiger partial charge in [0.1, 0.15) is 6.10 Å². The van der Waals surface area contributed by atoms with Gasteiger partial charge < -0.3 is 15.7 Å². The Labute approximate surface area is 180 Å². The molecule has 0 saturated heterocycles. The smallest absolute Gasteiger partial charge is 0.251 e. The highest BCUT2D eigenvalue weighted by atomic mass is 16.6. The molecule has 3 aromatic rings. The summed E-state index contributed by atoms with van der Waals surface area (Å²) in [5, 5.41) is 27.1. The minimum absolute atomic E-state index is 0.280. The van der Waals surface area contributed by atoms with E-state index in [1.807, 2.05) is 49.4 Å². The number of amides is 1. The van der Waals surface area contributed by atoms with Crippen LogP contribution < -0.4 is 10.6 Å². The van der Waals surface area contributed by atoms with Gasteiger partial charge in [0.25, 0.3) is 5.91 Å². The van der Waals surface area contributed by atoms with Gasteiger partial charge in [-0.25, -0.2) is 0 Å². The summed E-state index contributed by atoms with van der Waals surface area (Å²) in [4.78, 5) is 27.1. The number of aryl methyl sites for hydroxylation is 1. The Morgan fingerprint density at radius 3 is 2.45 bits per heavy atom. The van der Waals surface area contributed by atoms with Gasteiger partial charge in [-0.05, 0) is 55.3 Å². The minimum Gasteiger partial charge on any atom is -0.384 e. The fourth-order valence-corrected chi connectivity index (χ4v) is 3.18. The molecule has 0 radical (unpaired) electrons. The van der Waals surface area contributed by atoms with E-state index in [2.05, 4.69) is 15.6 Å². The number of carbonyl (C=O) groups is 1. The summed E-state index contributed by atoms with van der Waals surface area (Å²) in [5.74, 6) is -0.408. The first-order valence-corrected chi connectivity index (χ1v) is 9.85. The first-order chi connectivity index (χ1) is 14.9. The molecule has 0 unspecified atom stereocenters. The lowest BCUT2D eigenvalue weighted by Gasteiger charge is -2.22. The van der Waals surface area contributed by atoms with Crippen molar-refractivity contribution in [1.82, 2.24) is 10.3 Å². The first kappa shape index (κ1) is 21.9. The third-order valence-electron chi connectivity index (χ3n) is 4.75. The average Bonchev–Trinajstić information content (AvgIpc) is 2.74. The summed E-state index contributed by atoms with van der Waals surface area (Å²) in [6, 6.07) is 19.0. The number of pyridine rings is 1. The Bertz CT molecular complexity index is 1030. The number of aliphatic hydroxyl groups is 1. The number of aromatic nitrogens is 1. The number of rotatable bonds is 9. The second-order valence-corrected chi connectivity index (χ2v) is 7.24. The van der Waals surface area contributed by atoms with Gasteiger partial charge in [-0.1, -0.05) is 30.3 Å². The van der Waals surface area contributed by atoms with Crippen LogP contribution in [0.5, 0.6) is 0 Å². The summed E-state index contributed by atoms with van der Waals surface area (Å²) >= 11 is 0. The molecule has 8 nitrogen and oxygen atoms in total. The van der Waals surface area contributed by atoms with Crippen LogP contribution >= 0.6 is 0 Å². The van der Waals surface area contributed by atoms with Crippen LogP contribution in [-0.4, -0.2) is 39.6 Å². The molecule has 0 fully saturated rings. The van der Waals surface area contributed by atoms with Crippen molar-refractivity contribution in [2.24, 2.45) is 0 Å². The van der Waals surface area contributed by atoms with Gasteiger partial charge in [-0.2, -0.15) is 0 Å². The van der Waals surface area contributed by atoms with Crippen LogP contribution in [0.4, 0.5) is 11.4 Å². The van der Waals surface area contributed by atoms with Gasteiger partial charge in [0, 0.05) is 33.8 Å². The molecule has 3 N–H and O–H groups in total. The van der Waals surface area contributed by atoms with Crippen molar-refractivity contribution >= 4 is 17.3 Å². The van der Waals surface area contributed by atoms with Crippen LogP contribution in [0.25, 0.3) is 0 Å². The normalized spacial score (nSPS) is 12.6. The highest BCUT2D eigenvalue weighted by Gasteiger charge is 2.26. The van der Waals surface area contributed by atoms with Crippen molar-refractivity contribution in [3.8, 4) is 0 Å². The predicted octanol–water partition coefficient (Wildman–Crippen LogP) is 3.11. The molecule has 0 aliphatic heterocycles. The third kappa shape index (κ3) is 6.61. The maximum atomic E-state index is 12.7. The Morgan fingerprint density at radius 1 is 1.10 bits per heavy atom. The van der Waals surface area contributed by atoms with Crippen molar-refractivity contribution in [2.75, 3.05) is 11.9 Å². The minimum atomic E-state index is -1.31. The van der Waals surface area contributed by atoms with E-state index in [0.29, 0.717) is 5.56 Å². The summed E-state index contributed by atoms with van der Waals surface area (Å²) in [6.45, 7) is 1.25. The second-order valence-electron chi connectivity index (χ2n) is 7.24. The first-order valence-electron chi connectivity index (χ1n) is 9.85. The molecule has 0 aliphatic rings. The number of hydrogen-bond donors (Lipinski definition) is 3. The van der Waals surface area contributed by atoms with Crippen LogP contribution in [0.3, 0.4) is 0 Å². The van der Waals surface area contributed by atoms with Crippen molar-refractivity contribution in [2.45, 2.75) is 25.5 Å². The monoisotopic (exact) mass is 420 g/mol. The fraction of sp³-hybridized carbons (Fsp3) is 0.217.